The topological polar surface area (TPSA) is 90.9 Å². The molecule has 0 saturated carbocycles. The van der Waals surface area contributed by atoms with Gasteiger partial charge in [-0.15, -0.1) is 0 Å². The monoisotopic (exact) mass is 427 g/mol. The molecule has 0 unspecified atom stereocenters. The Bertz CT molecular complexity index is 961. The lowest BCUT2D eigenvalue weighted by Gasteiger charge is -2.19. The maximum absolute atomic E-state index is 12.9. The first-order valence-corrected chi connectivity index (χ1v) is 10.3. The molecule has 0 fully saturated rings. The van der Waals surface area contributed by atoms with Gasteiger partial charge in [-0.2, -0.15) is 0 Å². The molecule has 0 bridgehead atoms. The van der Waals surface area contributed by atoms with Gasteiger partial charge in [0.2, 0.25) is 10.0 Å². The molecule has 2 aromatic rings. The van der Waals surface area contributed by atoms with E-state index < -0.39 is 22.0 Å². The zero-order valence-corrected chi connectivity index (χ0v) is 17.6. The molecule has 1 atom stereocenters. The Kier molecular flexibility index (Phi) is 7.29. The number of rotatable bonds is 8. The van der Waals surface area contributed by atoms with Crippen LogP contribution >= 0.6 is 11.6 Å². The highest BCUT2D eigenvalue weighted by Gasteiger charge is 2.23. The van der Waals surface area contributed by atoms with Crippen LogP contribution in [0.25, 0.3) is 0 Å². The lowest BCUT2D eigenvalue weighted by atomic mass is 10.1. The number of esters is 1. The van der Waals surface area contributed by atoms with Crippen LogP contribution < -0.4 is 14.2 Å². The minimum atomic E-state index is -3.92. The Morgan fingerprint density at radius 2 is 1.75 bits per heavy atom. The highest BCUT2D eigenvalue weighted by Crippen LogP contribution is 2.31. The van der Waals surface area contributed by atoms with Crippen molar-refractivity contribution in [1.82, 2.24) is 4.72 Å². The van der Waals surface area contributed by atoms with Crippen molar-refractivity contribution in [2.45, 2.75) is 24.3 Å². The van der Waals surface area contributed by atoms with Crippen molar-refractivity contribution in [3.05, 3.63) is 52.5 Å². The highest BCUT2D eigenvalue weighted by molar-refractivity contribution is 7.89. The summed E-state index contributed by atoms with van der Waals surface area (Å²) in [5.74, 6) is 0.329. The van der Waals surface area contributed by atoms with Gasteiger partial charge in [-0.25, -0.2) is 17.9 Å². The first kappa shape index (κ1) is 22.0. The number of ether oxygens (including phenoxy) is 3. The van der Waals surface area contributed by atoms with E-state index in [2.05, 4.69) is 9.46 Å². The molecule has 28 heavy (non-hydrogen) atoms. The van der Waals surface area contributed by atoms with Gasteiger partial charge in [-0.3, -0.25) is 0 Å². The smallest absolute Gasteiger partial charge is 0.339 e. The van der Waals surface area contributed by atoms with Crippen molar-refractivity contribution in [2.24, 2.45) is 0 Å². The Balaban J connectivity index is 2.38. The van der Waals surface area contributed by atoms with Crippen molar-refractivity contribution in [1.29, 1.82) is 0 Å². The van der Waals surface area contributed by atoms with Crippen molar-refractivity contribution < 1.29 is 27.4 Å². The first-order chi connectivity index (χ1) is 13.3. The molecule has 0 radical (unpaired) electrons. The van der Waals surface area contributed by atoms with Gasteiger partial charge in [0, 0.05) is 6.04 Å². The number of methoxy groups -OCH3 is 3. The van der Waals surface area contributed by atoms with Crippen LogP contribution in [0.4, 0.5) is 0 Å². The van der Waals surface area contributed by atoms with E-state index in [9.17, 15) is 13.2 Å². The maximum atomic E-state index is 12.9. The van der Waals surface area contributed by atoms with Crippen molar-refractivity contribution in [3.8, 4) is 11.5 Å². The fraction of sp³-hybridized carbons (Fsp3) is 0.316. The lowest BCUT2D eigenvalue weighted by molar-refractivity contribution is 0.0600. The number of benzene rings is 2. The summed E-state index contributed by atoms with van der Waals surface area (Å²) < 4.78 is 43.5. The molecular formula is C19H22ClNO6S. The first-order valence-electron chi connectivity index (χ1n) is 8.39. The maximum Gasteiger partial charge on any atom is 0.339 e. The summed E-state index contributed by atoms with van der Waals surface area (Å²) in [5.41, 5.74) is 0.692. The molecule has 9 heteroatoms. The second kappa shape index (κ2) is 9.27. The highest BCUT2D eigenvalue weighted by atomic mass is 35.5. The standard InChI is InChI=1S/C19H22ClNO6S/c1-5-16(12-6-9-17(25-2)18(10-12)26-3)21-28(23,24)13-7-8-15(20)14(11-13)19(22)27-4/h6-11,16,21H,5H2,1-4H3/t16-/m1/s1. The van der Waals surface area contributed by atoms with Crippen molar-refractivity contribution >= 4 is 27.6 Å². The molecule has 2 rings (SSSR count). The Morgan fingerprint density at radius 1 is 1.07 bits per heavy atom. The lowest BCUT2D eigenvalue weighted by Crippen LogP contribution is -2.28. The molecule has 0 aliphatic rings. The molecule has 0 aliphatic carbocycles. The van der Waals surface area contributed by atoms with E-state index >= 15 is 0 Å². The van der Waals surface area contributed by atoms with Gasteiger partial charge >= 0.3 is 5.97 Å². The van der Waals surface area contributed by atoms with E-state index in [0.717, 1.165) is 0 Å². The van der Waals surface area contributed by atoms with Gasteiger partial charge < -0.3 is 14.2 Å². The van der Waals surface area contributed by atoms with Crippen LogP contribution in [0.2, 0.25) is 5.02 Å². The largest absolute Gasteiger partial charge is 0.493 e. The fourth-order valence-corrected chi connectivity index (χ4v) is 4.18. The zero-order valence-electron chi connectivity index (χ0n) is 16.0. The van der Waals surface area contributed by atoms with Gasteiger partial charge in [0.25, 0.3) is 0 Å². The number of halogens is 1. The van der Waals surface area contributed by atoms with Crippen LogP contribution in [0.15, 0.2) is 41.3 Å². The molecule has 0 amide bonds. The molecule has 0 aliphatic heterocycles. The number of hydrogen-bond donors (Lipinski definition) is 1. The number of carbonyl (C=O) groups excluding carboxylic acids is 1. The Hall–Kier alpha value is -2.29. The predicted octanol–water partition coefficient (Wildman–Crippen LogP) is 3.57. The zero-order chi connectivity index (χ0) is 20.9. The van der Waals surface area contributed by atoms with Crippen molar-refractivity contribution in [2.75, 3.05) is 21.3 Å². The van der Waals surface area contributed by atoms with Gasteiger partial charge in [0.1, 0.15) is 0 Å². The normalized spacial score (nSPS) is 12.3. The molecule has 1 N–H and O–H groups in total. The van der Waals surface area contributed by atoms with E-state index in [1.807, 2.05) is 6.92 Å². The summed E-state index contributed by atoms with van der Waals surface area (Å²) in [5, 5.41) is 0.109. The summed E-state index contributed by atoms with van der Waals surface area (Å²) in [4.78, 5) is 11.7. The number of carbonyl (C=O) groups is 1. The van der Waals surface area contributed by atoms with Crippen LogP contribution in [0, 0.1) is 0 Å². The third-order valence-electron chi connectivity index (χ3n) is 4.17. The Labute approximate surface area is 169 Å². The molecule has 0 aromatic heterocycles. The van der Waals surface area contributed by atoms with Crippen LogP contribution in [0.1, 0.15) is 35.3 Å². The predicted molar refractivity (Wildman–Crippen MR) is 106 cm³/mol. The molecule has 0 spiro atoms. The average molecular weight is 428 g/mol. The SMILES string of the molecule is CC[C@@H](NS(=O)(=O)c1ccc(Cl)c(C(=O)OC)c1)c1ccc(OC)c(OC)c1. The summed E-state index contributed by atoms with van der Waals surface area (Å²) in [7, 11) is 0.306. The number of hydrogen-bond acceptors (Lipinski definition) is 6. The van der Waals surface area contributed by atoms with E-state index in [1.165, 1.54) is 39.5 Å². The van der Waals surface area contributed by atoms with Gasteiger partial charge in [0.05, 0.1) is 36.8 Å². The summed E-state index contributed by atoms with van der Waals surface area (Å²) in [6, 6.07) is 8.55. The van der Waals surface area contributed by atoms with E-state index in [1.54, 1.807) is 18.2 Å². The third kappa shape index (κ3) is 4.76. The summed E-state index contributed by atoms with van der Waals surface area (Å²) in [6.45, 7) is 1.85. The van der Waals surface area contributed by atoms with Gasteiger partial charge in [-0.1, -0.05) is 24.6 Å². The second-order valence-electron chi connectivity index (χ2n) is 5.83. The molecule has 0 heterocycles. The molecule has 0 saturated heterocycles. The summed E-state index contributed by atoms with van der Waals surface area (Å²) in [6.07, 6.45) is 0.492. The third-order valence-corrected chi connectivity index (χ3v) is 5.97. The van der Waals surface area contributed by atoms with Crippen LogP contribution in [-0.4, -0.2) is 35.7 Å². The number of nitrogens with one attached hydrogen (secondary N) is 1. The quantitative estimate of drug-likeness (QED) is 0.647. The van der Waals surface area contributed by atoms with Crippen LogP contribution in [0.3, 0.4) is 0 Å². The van der Waals surface area contributed by atoms with Crippen molar-refractivity contribution in [3.63, 3.8) is 0 Å². The van der Waals surface area contributed by atoms with E-state index in [-0.39, 0.29) is 15.5 Å². The minimum absolute atomic E-state index is 0.0220. The molecule has 2 aromatic carbocycles. The van der Waals surface area contributed by atoms with Crippen LogP contribution in [0.5, 0.6) is 11.5 Å². The Morgan fingerprint density at radius 3 is 2.32 bits per heavy atom. The average Bonchev–Trinajstić information content (AvgIpc) is 2.71. The van der Waals surface area contributed by atoms with E-state index in [0.29, 0.717) is 23.5 Å². The second-order valence-corrected chi connectivity index (χ2v) is 7.95. The molecular weight excluding hydrogens is 406 g/mol. The minimum Gasteiger partial charge on any atom is -0.493 e. The summed E-state index contributed by atoms with van der Waals surface area (Å²) >= 11 is 5.97. The fourth-order valence-electron chi connectivity index (χ4n) is 2.65. The number of sulfonamides is 1. The molecule has 152 valence electrons. The van der Waals surface area contributed by atoms with Crippen LogP contribution in [-0.2, 0) is 14.8 Å². The molecule has 7 nitrogen and oxygen atoms in total. The van der Waals surface area contributed by atoms with Gasteiger partial charge in [0.15, 0.2) is 11.5 Å². The van der Waals surface area contributed by atoms with E-state index in [4.69, 9.17) is 21.1 Å². The van der Waals surface area contributed by atoms with Gasteiger partial charge in [-0.05, 0) is 42.3 Å².